The number of nitrogens with one attached hydrogen (secondary N) is 2. The molecule has 1 unspecified atom stereocenters. The molecule has 1 aliphatic heterocycles. The molecule has 7 heteroatoms. The van der Waals surface area contributed by atoms with Gasteiger partial charge < -0.3 is 10.6 Å². The van der Waals surface area contributed by atoms with Crippen molar-refractivity contribution in [2.45, 2.75) is 51.1 Å². The van der Waals surface area contributed by atoms with Crippen molar-refractivity contribution >= 4 is 11.8 Å². The summed E-state index contributed by atoms with van der Waals surface area (Å²) in [4.78, 5) is 24.4. The van der Waals surface area contributed by atoms with E-state index in [1.54, 1.807) is 6.92 Å². The van der Waals surface area contributed by atoms with Gasteiger partial charge in [0.05, 0.1) is 6.54 Å². The van der Waals surface area contributed by atoms with Gasteiger partial charge >= 0.3 is 0 Å². The molecule has 2 aromatic carbocycles. The predicted octanol–water partition coefficient (Wildman–Crippen LogP) is 3.33. The molecule has 7 nitrogen and oxygen atoms in total. The third-order valence-electron chi connectivity index (χ3n) is 5.87. The third-order valence-corrected chi connectivity index (χ3v) is 5.87. The zero-order valence-corrected chi connectivity index (χ0v) is 17.6. The van der Waals surface area contributed by atoms with Crippen LogP contribution < -0.4 is 10.6 Å². The van der Waals surface area contributed by atoms with Gasteiger partial charge in [0.2, 0.25) is 11.8 Å². The molecule has 2 amide bonds. The Hall–Kier alpha value is -3.48. The van der Waals surface area contributed by atoms with Crippen molar-refractivity contribution < 1.29 is 14.2 Å². The van der Waals surface area contributed by atoms with E-state index >= 15 is 0 Å². The number of benzene rings is 2. The number of aryl methyl sites for hydroxylation is 1. The molecular weight excluding hydrogens is 392 g/mol. The first-order valence-electron chi connectivity index (χ1n) is 10.5. The fraction of sp³-hybridized carbons (Fsp3) is 0.333. The number of aromatic nitrogens is 2. The highest BCUT2D eigenvalue weighted by molar-refractivity contribution is 5.80. The fourth-order valence-corrected chi connectivity index (χ4v) is 4.05. The largest absolute Gasteiger partial charge is 0.350 e. The van der Waals surface area contributed by atoms with Gasteiger partial charge in [-0.3, -0.25) is 9.59 Å². The summed E-state index contributed by atoms with van der Waals surface area (Å²) in [6.07, 6.45) is 2.83. The highest BCUT2D eigenvalue weighted by Crippen LogP contribution is 2.30. The number of rotatable bonds is 8. The molecular formula is C24H26N4O3. The van der Waals surface area contributed by atoms with Crippen LogP contribution in [-0.4, -0.2) is 27.7 Å². The smallest absolute Gasteiger partial charge is 0.220 e. The molecule has 160 valence electrons. The Bertz CT molecular complexity index is 1050. The lowest BCUT2D eigenvalue weighted by molar-refractivity contribution is -0.122. The molecule has 0 radical (unpaired) electrons. The highest BCUT2D eigenvalue weighted by Gasteiger charge is 2.37. The molecule has 0 aliphatic carbocycles. The van der Waals surface area contributed by atoms with E-state index < -0.39 is 5.54 Å². The van der Waals surface area contributed by atoms with Crippen LogP contribution in [0.15, 0.2) is 59.2 Å². The maximum Gasteiger partial charge on any atom is 0.220 e. The van der Waals surface area contributed by atoms with Gasteiger partial charge in [-0.1, -0.05) is 64.9 Å². The minimum atomic E-state index is -0.395. The van der Waals surface area contributed by atoms with Crippen molar-refractivity contribution in [3.05, 3.63) is 71.5 Å². The Labute approximate surface area is 181 Å². The second-order valence-corrected chi connectivity index (χ2v) is 8.14. The van der Waals surface area contributed by atoms with Gasteiger partial charge in [-0.15, -0.1) is 0 Å². The predicted molar refractivity (Wildman–Crippen MR) is 116 cm³/mol. The second kappa shape index (κ2) is 9.12. The van der Waals surface area contributed by atoms with Crippen molar-refractivity contribution in [1.82, 2.24) is 20.9 Å². The lowest BCUT2D eigenvalue weighted by Crippen LogP contribution is -2.44. The molecule has 1 atom stereocenters. The summed E-state index contributed by atoms with van der Waals surface area (Å²) in [7, 11) is 0. The molecule has 1 aromatic heterocycles. The van der Waals surface area contributed by atoms with E-state index in [0.717, 1.165) is 17.5 Å². The van der Waals surface area contributed by atoms with Crippen molar-refractivity contribution in [3.63, 3.8) is 0 Å². The van der Waals surface area contributed by atoms with Gasteiger partial charge in [0.1, 0.15) is 11.4 Å². The first-order chi connectivity index (χ1) is 15.0. The van der Waals surface area contributed by atoms with E-state index in [1.807, 2.05) is 18.2 Å². The third kappa shape index (κ3) is 5.17. The van der Waals surface area contributed by atoms with Gasteiger partial charge in [0.15, 0.2) is 0 Å². The van der Waals surface area contributed by atoms with Crippen LogP contribution in [-0.2, 0) is 22.6 Å². The standard InChI is InChI=1S/C24H26N4O3/c1-17-21(28-31-27-17)16-25-22(29)11-13-24(14-12-23(30)26-24)15-18-7-9-20(10-8-18)19-5-3-2-4-6-19/h2-10H,11-16H2,1H3,(H,25,29)(H,26,30). The summed E-state index contributed by atoms with van der Waals surface area (Å²) >= 11 is 0. The second-order valence-electron chi connectivity index (χ2n) is 8.14. The quantitative estimate of drug-likeness (QED) is 0.585. The molecule has 4 rings (SSSR count). The van der Waals surface area contributed by atoms with Gasteiger partial charge in [-0.2, -0.15) is 0 Å². The molecule has 1 aliphatic rings. The average Bonchev–Trinajstić information content (AvgIpc) is 3.37. The maximum atomic E-state index is 12.4. The van der Waals surface area contributed by atoms with Crippen LogP contribution in [0.1, 0.15) is 42.6 Å². The molecule has 3 aromatic rings. The Morgan fingerprint density at radius 2 is 1.84 bits per heavy atom. The highest BCUT2D eigenvalue weighted by atomic mass is 16.6. The normalized spacial score (nSPS) is 18.0. The number of carbonyl (C=O) groups excluding carboxylic acids is 2. The van der Waals surface area contributed by atoms with Crippen molar-refractivity contribution in [2.24, 2.45) is 0 Å². The number of nitrogens with zero attached hydrogens (tertiary/aromatic N) is 2. The summed E-state index contributed by atoms with van der Waals surface area (Å²) in [6, 6.07) is 18.7. The van der Waals surface area contributed by atoms with Crippen LogP contribution in [0.3, 0.4) is 0 Å². The van der Waals surface area contributed by atoms with Crippen molar-refractivity contribution in [1.29, 1.82) is 0 Å². The topological polar surface area (TPSA) is 97.1 Å². The molecule has 1 saturated heterocycles. The number of amides is 2. The van der Waals surface area contributed by atoms with E-state index in [-0.39, 0.29) is 18.4 Å². The molecule has 0 saturated carbocycles. The number of hydrogen-bond acceptors (Lipinski definition) is 5. The van der Waals surface area contributed by atoms with Crippen LogP contribution >= 0.6 is 0 Å². The minimum absolute atomic E-state index is 0.0469. The SMILES string of the molecule is Cc1nonc1CNC(=O)CCC1(Cc2ccc(-c3ccccc3)cc2)CCC(=O)N1. The van der Waals surface area contributed by atoms with Crippen LogP contribution in [0.25, 0.3) is 11.1 Å². The zero-order chi connectivity index (χ0) is 21.7. The van der Waals surface area contributed by atoms with Crippen LogP contribution in [0, 0.1) is 6.92 Å². The summed E-state index contributed by atoms with van der Waals surface area (Å²) in [6.45, 7) is 2.07. The minimum Gasteiger partial charge on any atom is -0.350 e. The Kier molecular flexibility index (Phi) is 6.11. The van der Waals surface area contributed by atoms with Gasteiger partial charge in [-0.05, 0) is 42.9 Å². The first kappa shape index (κ1) is 20.8. The number of carbonyl (C=O) groups is 2. The summed E-state index contributed by atoms with van der Waals surface area (Å²) in [5, 5.41) is 13.5. The van der Waals surface area contributed by atoms with E-state index in [0.29, 0.717) is 37.1 Å². The lowest BCUT2D eigenvalue weighted by atomic mass is 9.84. The lowest BCUT2D eigenvalue weighted by Gasteiger charge is -2.29. The molecule has 1 fully saturated rings. The summed E-state index contributed by atoms with van der Waals surface area (Å²) in [5.74, 6) is -0.0343. The van der Waals surface area contributed by atoms with Crippen molar-refractivity contribution in [2.75, 3.05) is 0 Å². The van der Waals surface area contributed by atoms with Gasteiger partial charge in [0, 0.05) is 18.4 Å². The number of hydrogen-bond donors (Lipinski definition) is 2. The summed E-state index contributed by atoms with van der Waals surface area (Å²) in [5.41, 5.74) is 4.37. The van der Waals surface area contributed by atoms with E-state index in [2.05, 4.69) is 62.0 Å². The Balaban J connectivity index is 1.38. The Morgan fingerprint density at radius 1 is 1.10 bits per heavy atom. The molecule has 0 spiro atoms. The van der Waals surface area contributed by atoms with E-state index in [9.17, 15) is 9.59 Å². The van der Waals surface area contributed by atoms with E-state index in [1.165, 1.54) is 5.56 Å². The first-order valence-corrected chi connectivity index (χ1v) is 10.5. The average molecular weight is 418 g/mol. The van der Waals surface area contributed by atoms with Crippen LogP contribution in [0.4, 0.5) is 0 Å². The van der Waals surface area contributed by atoms with Gasteiger partial charge in [0.25, 0.3) is 0 Å². The maximum absolute atomic E-state index is 12.4. The van der Waals surface area contributed by atoms with Crippen molar-refractivity contribution in [3.8, 4) is 11.1 Å². The molecule has 31 heavy (non-hydrogen) atoms. The van der Waals surface area contributed by atoms with Crippen LogP contribution in [0.5, 0.6) is 0 Å². The van der Waals surface area contributed by atoms with E-state index in [4.69, 9.17) is 0 Å². The Morgan fingerprint density at radius 3 is 2.48 bits per heavy atom. The zero-order valence-electron chi connectivity index (χ0n) is 17.6. The molecule has 2 heterocycles. The van der Waals surface area contributed by atoms with Crippen LogP contribution in [0.2, 0.25) is 0 Å². The monoisotopic (exact) mass is 418 g/mol. The fourth-order valence-electron chi connectivity index (χ4n) is 4.05. The molecule has 0 bridgehead atoms. The molecule has 2 N–H and O–H groups in total. The van der Waals surface area contributed by atoms with Gasteiger partial charge in [-0.25, -0.2) is 4.63 Å². The summed E-state index contributed by atoms with van der Waals surface area (Å²) < 4.78 is 4.65.